The van der Waals surface area contributed by atoms with Gasteiger partial charge in [0.15, 0.2) is 0 Å². The highest BCUT2D eigenvalue weighted by Gasteiger charge is 2.24. The van der Waals surface area contributed by atoms with E-state index in [1.807, 2.05) is 12.1 Å². The van der Waals surface area contributed by atoms with Crippen LogP contribution in [0.5, 0.6) is 5.75 Å². The number of hydrogen-bond donors (Lipinski definition) is 1. The molecule has 0 saturated carbocycles. The van der Waals surface area contributed by atoms with E-state index in [1.54, 1.807) is 7.11 Å². The van der Waals surface area contributed by atoms with E-state index in [0.29, 0.717) is 18.4 Å². The zero-order chi connectivity index (χ0) is 16.5. The Morgan fingerprint density at radius 2 is 1.92 bits per heavy atom. The maximum Gasteiger partial charge on any atom is 0.222 e. The first-order chi connectivity index (χ1) is 11.2. The largest absolute Gasteiger partial charge is 0.497 e. The van der Waals surface area contributed by atoms with Crippen LogP contribution in [0, 0.1) is 0 Å². The van der Waals surface area contributed by atoms with Crippen molar-refractivity contribution in [1.29, 1.82) is 0 Å². The summed E-state index contributed by atoms with van der Waals surface area (Å²) in [6.07, 6.45) is 5.72. The molecule has 136 valence electrons. The number of piperidine rings is 1. The number of benzene rings is 1. The van der Waals surface area contributed by atoms with E-state index in [9.17, 15) is 4.79 Å². The van der Waals surface area contributed by atoms with E-state index in [0.717, 1.165) is 57.5 Å². The quantitative estimate of drug-likeness (QED) is 0.777. The lowest BCUT2D eigenvalue weighted by Gasteiger charge is -2.34. The molecule has 1 fully saturated rings. The van der Waals surface area contributed by atoms with Gasteiger partial charge in [-0.15, -0.1) is 12.4 Å². The third-order valence-electron chi connectivity index (χ3n) is 4.55. The van der Waals surface area contributed by atoms with E-state index < -0.39 is 0 Å². The average Bonchev–Trinajstić information content (AvgIpc) is 2.61. The molecule has 5 heteroatoms. The highest BCUT2D eigenvalue weighted by molar-refractivity contribution is 5.85. The van der Waals surface area contributed by atoms with Crippen LogP contribution in [0.1, 0.15) is 44.6 Å². The summed E-state index contributed by atoms with van der Waals surface area (Å²) < 4.78 is 5.17. The maximum absolute atomic E-state index is 12.6. The summed E-state index contributed by atoms with van der Waals surface area (Å²) in [7, 11) is 1.68. The third kappa shape index (κ3) is 6.33. The molecule has 0 aliphatic carbocycles. The summed E-state index contributed by atoms with van der Waals surface area (Å²) in [5.74, 6) is 1.21. The van der Waals surface area contributed by atoms with Crippen LogP contribution in [0.2, 0.25) is 0 Å². The van der Waals surface area contributed by atoms with Gasteiger partial charge in [-0.25, -0.2) is 0 Å². The van der Waals surface area contributed by atoms with Gasteiger partial charge < -0.3 is 15.0 Å². The number of nitrogens with zero attached hydrogens (tertiary/aromatic N) is 1. The zero-order valence-corrected chi connectivity index (χ0v) is 15.7. The number of nitrogens with one attached hydrogen (secondary N) is 1. The summed E-state index contributed by atoms with van der Waals surface area (Å²) in [6.45, 7) is 5.11. The second kappa shape index (κ2) is 11.3. The Morgan fingerprint density at radius 3 is 2.50 bits per heavy atom. The molecule has 1 aliphatic heterocycles. The summed E-state index contributed by atoms with van der Waals surface area (Å²) in [5, 5.41) is 3.38. The summed E-state index contributed by atoms with van der Waals surface area (Å²) in [5.41, 5.74) is 1.27. The van der Waals surface area contributed by atoms with Crippen molar-refractivity contribution in [3.8, 4) is 5.75 Å². The van der Waals surface area contributed by atoms with Crippen molar-refractivity contribution in [3.05, 3.63) is 29.8 Å². The molecule has 2 rings (SSSR count). The van der Waals surface area contributed by atoms with Gasteiger partial charge in [-0.3, -0.25) is 4.79 Å². The van der Waals surface area contributed by atoms with Gasteiger partial charge in [0.25, 0.3) is 0 Å². The molecule has 4 nitrogen and oxygen atoms in total. The second-order valence-electron chi connectivity index (χ2n) is 6.27. The SMILES string of the molecule is CCCN(C(=O)CCCc1ccc(OC)cc1)C1CCNCC1.Cl. The first-order valence-electron chi connectivity index (χ1n) is 8.87. The fourth-order valence-corrected chi connectivity index (χ4v) is 3.25. The number of ether oxygens (including phenoxy) is 1. The topological polar surface area (TPSA) is 41.6 Å². The van der Waals surface area contributed by atoms with Gasteiger partial charge in [0.2, 0.25) is 5.91 Å². The van der Waals surface area contributed by atoms with E-state index in [4.69, 9.17) is 4.74 Å². The Bertz CT molecular complexity index is 473. The van der Waals surface area contributed by atoms with Gasteiger partial charge in [-0.2, -0.15) is 0 Å². The van der Waals surface area contributed by atoms with Crippen LogP contribution in [0.25, 0.3) is 0 Å². The lowest BCUT2D eigenvalue weighted by Crippen LogP contribution is -2.46. The van der Waals surface area contributed by atoms with Gasteiger partial charge in [-0.1, -0.05) is 19.1 Å². The molecule has 1 aromatic carbocycles. The van der Waals surface area contributed by atoms with Gasteiger partial charge in [0, 0.05) is 19.0 Å². The van der Waals surface area contributed by atoms with E-state index in [-0.39, 0.29) is 12.4 Å². The van der Waals surface area contributed by atoms with Crippen LogP contribution in [-0.2, 0) is 11.2 Å². The summed E-state index contributed by atoms with van der Waals surface area (Å²) in [4.78, 5) is 14.7. The molecule has 1 N–H and O–H groups in total. The van der Waals surface area contributed by atoms with Crippen molar-refractivity contribution in [3.63, 3.8) is 0 Å². The molecule has 1 heterocycles. The number of carbonyl (C=O) groups excluding carboxylic acids is 1. The molecule has 0 spiro atoms. The normalized spacial score (nSPS) is 14.8. The molecular weight excluding hydrogens is 324 g/mol. The predicted molar refractivity (Wildman–Crippen MR) is 101 cm³/mol. The Kier molecular flexibility index (Phi) is 9.80. The maximum atomic E-state index is 12.6. The first-order valence-corrected chi connectivity index (χ1v) is 8.87. The second-order valence-corrected chi connectivity index (χ2v) is 6.27. The Morgan fingerprint density at radius 1 is 1.25 bits per heavy atom. The van der Waals surface area contributed by atoms with Gasteiger partial charge in [-0.05, 0) is 62.9 Å². The molecule has 24 heavy (non-hydrogen) atoms. The monoisotopic (exact) mass is 354 g/mol. The van der Waals surface area contributed by atoms with E-state index in [2.05, 4.69) is 29.3 Å². The predicted octanol–water partition coefficient (Wildman–Crippen LogP) is 3.43. The van der Waals surface area contributed by atoms with Crippen LogP contribution in [0.3, 0.4) is 0 Å². The fraction of sp³-hybridized carbons (Fsp3) is 0.632. The highest BCUT2D eigenvalue weighted by Crippen LogP contribution is 2.16. The van der Waals surface area contributed by atoms with Crippen molar-refractivity contribution in [2.45, 2.75) is 51.5 Å². The molecule has 0 unspecified atom stereocenters. The number of hydrogen-bond acceptors (Lipinski definition) is 3. The molecule has 0 aromatic heterocycles. The molecule has 0 atom stereocenters. The molecule has 1 aliphatic rings. The lowest BCUT2D eigenvalue weighted by molar-refractivity contribution is -0.134. The molecule has 0 radical (unpaired) electrons. The lowest BCUT2D eigenvalue weighted by atomic mass is 10.0. The van der Waals surface area contributed by atoms with Gasteiger partial charge in [0.1, 0.15) is 5.75 Å². The number of carbonyl (C=O) groups is 1. The Balaban J connectivity index is 0.00000288. The Hall–Kier alpha value is -1.26. The van der Waals surface area contributed by atoms with E-state index >= 15 is 0 Å². The number of methoxy groups -OCH3 is 1. The molecule has 1 aromatic rings. The number of rotatable bonds is 8. The number of halogens is 1. The van der Waals surface area contributed by atoms with Crippen LogP contribution in [-0.4, -0.2) is 43.6 Å². The molecule has 1 saturated heterocycles. The van der Waals surface area contributed by atoms with Crippen LogP contribution < -0.4 is 10.1 Å². The van der Waals surface area contributed by atoms with Crippen molar-refractivity contribution in [2.24, 2.45) is 0 Å². The zero-order valence-electron chi connectivity index (χ0n) is 14.9. The van der Waals surface area contributed by atoms with Crippen LogP contribution >= 0.6 is 12.4 Å². The number of amides is 1. The van der Waals surface area contributed by atoms with Crippen molar-refractivity contribution in [1.82, 2.24) is 10.2 Å². The minimum atomic E-state index is 0. The van der Waals surface area contributed by atoms with Crippen molar-refractivity contribution in [2.75, 3.05) is 26.7 Å². The first kappa shape index (κ1) is 20.8. The fourth-order valence-electron chi connectivity index (χ4n) is 3.25. The summed E-state index contributed by atoms with van der Waals surface area (Å²) >= 11 is 0. The summed E-state index contributed by atoms with van der Waals surface area (Å²) in [6, 6.07) is 8.56. The molecule has 0 bridgehead atoms. The highest BCUT2D eigenvalue weighted by atomic mass is 35.5. The Labute approximate surface area is 152 Å². The average molecular weight is 355 g/mol. The van der Waals surface area contributed by atoms with Gasteiger partial charge >= 0.3 is 0 Å². The van der Waals surface area contributed by atoms with E-state index in [1.165, 1.54) is 5.56 Å². The van der Waals surface area contributed by atoms with Crippen LogP contribution in [0.4, 0.5) is 0 Å². The van der Waals surface area contributed by atoms with Crippen molar-refractivity contribution < 1.29 is 9.53 Å². The standard InChI is InChI=1S/C19H30N2O2.ClH/c1-3-15-21(17-11-13-20-14-12-17)19(22)6-4-5-16-7-9-18(23-2)10-8-16;/h7-10,17,20H,3-6,11-15H2,1-2H3;1H. The third-order valence-corrected chi connectivity index (χ3v) is 4.55. The smallest absolute Gasteiger partial charge is 0.222 e. The number of aryl methyl sites for hydroxylation is 1. The minimum Gasteiger partial charge on any atom is -0.497 e. The van der Waals surface area contributed by atoms with Crippen molar-refractivity contribution >= 4 is 18.3 Å². The van der Waals surface area contributed by atoms with Crippen LogP contribution in [0.15, 0.2) is 24.3 Å². The molecular formula is C19H31ClN2O2. The minimum absolute atomic E-state index is 0. The van der Waals surface area contributed by atoms with Gasteiger partial charge in [0.05, 0.1) is 7.11 Å². The molecule has 1 amide bonds.